The lowest BCUT2D eigenvalue weighted by Gasteiger charge is -2.31. The molecule has 1 fully saturated rings. The smallest absolute Gasteiger partial charge is 0.219 e. The Morgan fingerprint density at radius 3 is 2.73 bits per heavy atom. The summed E-state index contributed by atoms with van der Waals surface area (Å²) in [6, 6.07) is 3.95. The summed E-state index contributed by atoms with van der Waals surface area (Å²) in [6.45, 7) is 4.37. The van der Waals surface area contributed by atoms with Crippen LogP contribution < -0.4 is 10.2 Å². The first kappa shape index (κ1) is 16.5. The number of piperidine rings is 1. The second-order valence-corrected chi connectivity index (χ2v) is 6.07. The van der Waals surface area contributed by atoms with Crippen LogP contribution in [-0.2, 0) is 9.59 Å². The van der Waals surface area contributed by atoms with E-state index in [0.29, 0.717) is 12.8 Å². The molecule has 2 rings (SSSR count). The molecule has 1 aliphatic heterocycles. The molecule has 1 atom stereocenters. The summed E-state index contributed by atoms with van der Waals surface area (Å²) in [7, 11) is 1.61. The molecule has 1 amide bonds. The molecule has 0 spiro atoms. The zero-order valence-electron chi connectivity index (χ0n) is 13.4. The van der Waals surface area contributed by atoms with E-state index >= 15 is 0 Å². The van der Waals surface area contributed by atoms with Crippen LogP contribution in [0.3, 0.4) is 0 Å². The third-order valence-electron chi connectivity index (χ3n) is 4.43. The van der Waals surface area contributed by atoms with Gasteiger partial charge in [-0.25, -0.2) is 4.98 Å². The number of aldehydes is 1. The fourth-order valence-corrected chi connectivity index (χ4v) is 2.77. The summed E-state index contributed by atoms with van der Waals surface area (Å²) in [6.07, 6.45) is 5.95. The van der Waals surface area contributed by atoms with Gasteiger partial charge in [0.1, 0.15) is 12.1 Å². The van der Waals surface area contributed by atoms with Gasteiger partial charge in [-0.3, -0.25) is 4.79 Å². The molecule has 1 unspecified atom stereocenters. The second-order valence-electron chi connectivity index (χ2n) is 6.07. The molecule has 0 bridgehead atoms. The van der Waals surface area contributed by atoms with Crippen LogP contribution in [0.1, 0.15) is 44.1 Å². The molecule has 120 valence electrons. The van der Waals surface area contributed by atoms with Gasteiger partial charge in [0.2, 0.25) is 5.91 Å². The maximum Gasteiger partial charge on any atom is 0.219 e. The van der Waals surface area contributed by atoms with Gasteiger partial charge in [0.25, 0.3) is 0 Å². The summed E-state index contributed by atoms with van der Waals surface area (Å²) in [4.78, 5) is 29.4. The Balaban J connectivity index is 1.97. The van der Waals surface area contributed by atoms with Crippen molar-refractivity contribution in [1.29, 1.82) is 0 Å². The Hall–Kier alpha value is -1.91. The number of anilines is 1. The van der Waals surface area contributed by atoms with E-state index < -0.39 is 0 Å². The average molecular weight is 303 g/mol. The number of aromatic nitrogens is 1. The minimum absolute atomic E-state index is 0.0427. The van der Waals surface area contributed by atoms with Crippen molar-refractivity contribution >= 4 is 18.0 Å². The van der Waals surface area contributed by atoms with Crippen molar-refractivity contribution in [3.8, 4) is 0 Å². The number of pyridine rings is 1. The van der Waals surface area contributed by atoms with Crippen LogP contribution in [0.25, 0.3) is 0 Å². The van der Waals surface area contributed by atoms with Crippen molar-refractivity contribution in [2.24, 2.45) is 5.92 Å². The molecule has 1 aromatic heterocycles. The lowest BCUT2D eigenvalue weighted by Crippen LogP contribution is -2.33. The predicted molar refractivity (Wildman–Crippen MR) is 87.0 cm³/mol. The fourth-order valence-electron chi connectivity index (χ4n) is 2.77. The van der Waals surface area contributed by atoms with Crippen LogP contribution in [0.15, 0.2) is 18.3 Å². The van der Waals surface area contributed by atoms with Crippen molar-refractivity contribution in [2.45, 2.75) is 38.5 Å². The van der Waals surface area contributed by atoms with E-state index in [4.69, 9.17) is 0 Å². The highest BCUT2D eigenvalue weighted by atomic mass is 16.1. The van der Waals surface area contributed by atoms with Crippen molar-refractivity contribution in [3.05, 3.63) is 23.9 Å². The summed E-state index contributed by atoms with van der Waals surface area (Å²) in [5.74, 6) is 1.46. The van der Waals surface area contributed by atoms with Gasteiger partial charge in [-0.1, -0.05) is 13.0 Å². The molecule has 5 nitrogen and oxygen atoms in total. The Labute approximate surface area is 132 Å². The lowest BCUT2D eigenvalue weighted by molar-refractivity contribution is -0.120. The normalized spacial score (nSPS) is 17.1. The lowest BCUT2D eigenvalue weighted by atomic mass is 9.96. The molecule has 22 heavy (non-hydrogen) atoms. The van der Waals surface area contributed by atoms with Crippen LogP contribution in [0, 0.1) is 5.92 Å². The van der Waals surface area contributed by atoms with Crippen molar-refractivity contribution < 1.29 is 9.59 Å². The molecule has 0 aromatic carbocycles. The Morgan fingerprint density at radius 2 is 2.18 bits per heavy atom. The highest BCUT2D eigenvalue weighted by molar-refractivity contribution is 5.76. The summed E-state index contributed by atoms with van der Waals surface area (Å²) >= 11 is 0. The topological polar surface area (TPSA) is 62.3 Å². The fraction of sp³-hybridized carbons (Fsp3) is 0.588. The molecular formula is C17H25N3O2. The second kappa shape index (κ2) is 7.92. The first-order valence-electron chi connectivity index (χ1n) is 8.00. The van der Waals surface area contributed by atoms with Gasteiger partial charge in [-0.05, 0) is 36.8 Å². The van der Waals surface area contributed by atoms with Crippen molar-refractivity contribution in [3.63, 3.8) is 0 Å². The zero-order valence-corrected chi connectivity index (χ0v) is 13.4. The number of hydrogen-bond donors (Lipinski definition) is 1. The Bertz CT molecular complexity index is 493. The van der Waals surface area contributed by atoms with Gasteiger partial charge in [0.15, 0.2) is 0 Å². The standard InChI is InChI=1S/C17H25N3O2/c1-13-7-9-20(10-8-13)16-5-3-14(11-19-16)15(12-21)4-6-17(22)18-2/h3,5,11-13,15H,4,6-10H2,1-2H3,(H,18,22). The van der Waals surface area contributed by atoms with E-state index in [2.05, 4.69) is 22.1 Å². The molecule has 1 N–H and O–H groups in total. The largest absolute Gasteiger partial charge is 0.359 e. The third kappa shape index (κ3) is 4.29. The SMILES string of the molecule is CNC(=O)CCC(C=O)c1ccc(N2CCC(C)CC2)nc1. The number of amides is 1. The zero-order chi connectivity index (χ0) is 15.9. The highest BCUT2D eigenvalue weighted by Gasteiger charge is 2.18. The Kier molecular flexibility index (Phi) is 5.92. The molecule has 0 radical (unpaired) electrons. The number of hydrogen-bond acceptors (Lipinski definition) is 4. The molecule has 1 aliphatic rings. The van der Waals surface area contributed by atoms with Gasteiger partial charge in [-0.2, -0.15) is 0 Å². The van der Waals surface area contributed by atoms with Crippen LogP contribution in [0.5, 0.6) is 0 Å². The van der Waals surface area contributed by atoms with E-state index in [1.54, 1.807) is 13.2 Å². The Morgan fingerprint density at radius 1 is 1.45 bits per heavy atom. The minimum Gasteiger partial charge on any atom is -0.359 e. The number of carbonyl (C=O) groups excluding carboxylic acids is 2. The van der Waals surface area contributed by atoms with Gasteiger partial charge < -0.3 is 15.0 Å². The average Bonchev–Trinajstić information content (AvgIpc) is 2.56. The minimum atomic E-state index is -0.264. The van der Waals surface area contributed by atoms with E-state index in [1.165, 1.54) is 12.8 Å². The quantitative estimate of drug-likeness (QED) is 0.818. The highest BCUT2D eigenvalue weighted by Crippen LogP contribution is 2.24. The van der Waals surface area contributed by atoms with Crippen LogP contribution in [0.2, 0.25) is 0 Å². The summed E-state index contributed by atoms with van der Waals surface area (Å²) < 4.78 is 0. The van der Waals surface area contributed by atoms with Crippen LogP contribution in [-0.4, -0.2) is 37.3 Å². The molecular weight excluding hydrogens is 278 g/mol. The molecule has 0 saturated carbocycles. The van der Waals surface area contributed by atoms with Crippen molar-refractivity contribution in [2.75, 3.05) is 25.0 Å². The monoisotopic (exact) mass is 303 g/mol. The van der Waals surface area contributed by atoms with Crippen LogP contribution >= 0.6 is 0 Å². The number of rotatable bonds is 6. The first-order valence-corrected chi connectivity index (χ1v) is 8.00. The van der Waals surface area contributed by atoms with E-state index in [9.17, 15) is 9.59 Å². The predicted octanol–water partition coefficient (Wildman–Crippen LogP) is 2.13. The van der Waals surface area contributed by atoms with Crippen LogP contribution in [0.4, 0.5) is 5.82 Å². The molecule has 0 aliphatic carbocycles. The van der Waals surface area contributed by atoms with Gasteiger partial charge in [0.05, 0.1) is 0 Å². The maximum absolute atomic E-state index is 11.3. The third-order valence-corrected chi connectivity index (χ3v) is 4.43. The molecule has 1 aromatic rings. The summed E-state index contributed by atoms with van der Waals surface area (Å²) in [5.41, 5.74) is 0.882. The number of nitrogens with one attached hydrogen (secondary N) is 1. The molecule has 1 saturated heterocycles. The maximum atomic E-state index is 11.3. The van der Waals surface area contributed by atoms with E-state index in [-0.39, 0.29) is 11.8 Å². The molecule has 5 heteroatoms. The van der Waals surface area contributed by atoms with E-state index in [1.807, 2.05) is 12.1 Å². The van der Waals surface area contributed by atoms with Crippen molar-refractivity contribution in [1.82, 2.24) is 10.3 Å². The van der Waals surface area contributed by atoms with Gasteiger partial charge >= 0.3 is 0 Å². The first-order chi connectivity index (χ1) is 10.6. The molecule has 2 heterocycles. The number of nitrogens with zero attached hydrogens (tertiary/aromatic N) is 2. The van der Waals surface area contributed by atoms with E-state index in [0.717, 1.165) is 36.7 Å². The van der Waals surface area contributed by atoms with Gasteiger partial charge in [0, 0.05) is 38.7 Å². The van der Waals surface area contributed by atoms with Gasteiger partial charge in [-0.15, -0.1) is 0 Å². The summed E-state index contributed by atoms with van der Waals surface area (Å²) in [5, 5.41) is 2.57. The number of carbonyl (C=O) groups is 2.